The standard InChI is InChI=1S/C11H9FO3S/c1-15-11(14)7-5-16-10-6(9(7)13)3-2-4-8(10)12/h2-4,7H,5H2,1H3. The number of hydrogen-bond donors (Lipinski definition) is 0. The van der Waals surface area contributed by atoms with Gasteiger partial charge >= 0.3 is 5.97 Å². The first-order valence-electron chi connectivity index (χ1n) is 4.68. The van der Waals surface area contributed by atoms with Crippen LogP contribution in [0.2, 0.25) is 0 Å². The number of carbonyl (C=O) groups is 2. The average molecular weight is 240 g/mol. The van der Waals surface area contributed by atoms with E-state index in [1.165, 1.54) is 37.1 Å². The van der Waals surface area contributed by atoms with Gasteiger partial charge in [0.25, 0.3) is 0 Å². The van der Waals surface area contributed by atoms with Crippen molar-refractivity contribution in [3.63, 3.8) is 0 Å². The van der Waals surface area contributed by atoms with E-state index in [9.17, 15) is 14.0 Å². The molecular weight excluding hydrogens is 231 g/mol. The van der Waals surface area contributed by atoms with Crippen LogP contribution in [0.1, 0.15) is 10.4 Å². The molecular formula is C11H9FO3S. The smallest absolute Gasteiger partial charge is 0.317 e. The number of benzene rings is 1. The van der Waals surface area contributed by atoms with Gasteiger partial charge in [-0.1, -0.05) is 12.1 Å². The van der Waals surface area contributed by atoms with Gasteiger partial charge in [0.15, 0.2) is 5.78 Å². The quantitative estimate of drug-likeness (QED) is 0.555. The van der Waals surface area contributed by atoms with Crippen molar-refractivity contribution in [2.24, 2.45) is 5.92 Å². The molecule has 84 valence electrons. The molecule has 1 heterocycles. The summed E-state index contributed by atoms with van der Waals surface area (Å²) < 4.78 is 17.9. The molecule has 0 aromatic heterocycles. The number of esters is 1. The van der Waals surface area contributed by atoms with E-state index < -0.39 is 17.7 Å². The highest BCUT2D eigenvalue weighted by molar-refractivity contribution is 7.99. The number of hydrogen-bond acceptors (Lipinski definition) is 4. The first-order chi connectivity index (χ1) is 7.65. The van der Waals surface area contributed by atoms with E-state index >= 15 is 0 Å². The van der Waals surface area contributed by atoms with Crippen molar-refractivity contribution in [1.82, 2.24) is 0 Å². The molecule has 0 bridgehead atoms. The fourth-order valence-corrected chi connectivity index (χ4v) is 2.75. The van der Waals surface area contributed by atoms with Crippen LogP contribution in [-0.4, -0.2) is 24.6 Å². The third-order valence-electron chi connectivity index (χ3n) is 2.43. The largest absolute Gasteiger partial charge is 0.468 e. The molecule has 0 amide bonds. The maximum atomic E-state index is 13.4. The lowest BCUT2D eigenvalue weighted by atomic mass is 9.98. The van der Waals surface area contributed by atoms with Crippen molar-refractivity contribution in [3.8, 4) is 0 Å². The van der Waals surface area contributed by atoms with E-state index in [1.54, 1.807) is 0 Å². The molecule has 0 saturated carbocycles. The predicted octanol–water partition coefficient (Wildman–Crippen LogP) is 1.90. The number of fused-ring (bicyclic) bond motifs is 1. The molecule has 0 aliphatic carbocycles. The van der Waals surface area contributed by atoms with Gasteiger partial charge < -0.3 is 4.74 Å². The molecule has 1 atom stereocenters. The Morgan fingerprint density at radius 2 is 2.31 bits per heavy atom. The zero-order valence-corrected chi connectivity index (χ0v) is 9.34. The molecule has 16 heavy (non-hydrogen) atoms. The highest BCUT2D eigenvalue weighted by Gasteiger charge is 2.35. The molecule has 1 aliphatic heterocycles. The Bertz CT molecular complexity index is 459. The van der Waals surface area contributed by atoms with Crippen LogP contribution >= 0.6 is 11.8 Å². The second kappa shape index (κ2) is 4.25. The zero-order chi connectivity index (χ0) is 11.7. The van der Waals surface area contributed by atoms with Crippen LogP contribution in [0.3, 0.4) is 0 Å². The lowest BCUT2D eigenvalue weighted by Gasteiger charge is -2.20. The van der Waals surface area contributed by atoms with Crippen molar-refractivity contribution in [2.45, 2.75) is 4.90 Å². The Morgan fingerprint density at radius 3 is 3.00 bits per heavy atom. The molecule has 0 N–H and O–H groups in total. The minimum Gasteiger partial charge on any atom is -0.468 e. The average Bonchev–Trinajstić information content (AvgIpc) is 2.30. The molecule has 1 aliphatic rings. The number of thioether (sulfide) groups is 1. The van der Waals surface area contributed by atoms with E-state index in [2.05, 4.69) is 4.74 Å². The minimum atomic E-state index is -0.815. The molecule has 5 heteroatoms. The van der Waals surface area contributed by atoms with E-state index in [0.29, 0.717) is 4.90 Å². The Kier molecular flexibility index (Phi) is 2.96. The van der Waals surface area contributed by atoms with Crippen LogP contribution in [0.4, 0.5) is 4.39 Å². The van der Waals surface area contributed by atoms with Gasteiger partial charge in [-0.3, -0.25) is 9.59 Å². The Balaban J connectivity index is 2.40. The van der Waals surface area contributed by atoms with Crippen molar-refractivity contribution in [2.75, 3.05) is 12.9 Å². The van der Waals surface area contributed by atoms with Crippen molar-refractivity contribution < 1.29 is 18.7 Å². The summed E-state index contributed by atoms with van der Waals surface area (Å²) in [6.45, 7) is 0. The summed E-state index contributed by atoms with van der Waals surface area (Å²) >= 11 is 1.17. The van der Waals surface area contributed by atoms with Gasteiger partial charge in [-0.2, -0.15) is 0 Å². The molecule has 1 aromatic carbocycles. The molecule has 0 saturated heterocycles. The summed E-state index contributed by atoms with van der Waals surface area (Å²) in [5, 5.41) is 0. The zero-order valence-electron chi connectivity index (χ0n) is 8.53. The first kappa shape index (κ1) is 11.1. The maximum absolute atomic E-state index is 13.4. The van der Waals surface area contributed by atoms with Crippen LogP contribution in [0.5, 0.6) is 0 Å². The lowest BCUT2D eigenvalue weighted by Crippen LogP contribution is -2.31. The summed E-state index contributed by atoms with van der Waals surface area (Å²) in [6.07, 6.45) is 0. The van der Waals surface area contributed by atoms with Crippen LogP contribution in [0.25, 0.3) is 0 Å². The SMILES string of the molecule is COC(=O)C1CSc2c(F)cccc2C1=O. The number of rotatable bonds is 1. The van der Waals surface area contributed by atoms with E-state index in [1.807, 2.05) is 0 Å². The summed E-state index contributed by atoms with van der Waals surface area (Å²) in [7, 11) is 1.24. The van der Waals surface area contributed by atoms with Crippen molar-refractivity contribution in [1.29, 1.82) is 0 Å². The molecule has 3 nitrogen and oxygen atoms in total. The second-order valence-corrected chi connectivity index (χ2v) is 4.40. The van der Waals surface area contributed by atoms with Crippen LogP contribution in [0.15, 0.2) is 23.1 Å². The fourth-order valence-electron chi connectivity index (χ4n) is 1.60. The van der Waals surface area contributed by atoms with Crippen molar-refractivity contribution >= 4 is 23.5 Å². The van der Waals surface area contributed by atoms with E-state index in [-0.39, 0.29) is 17.1 Å². The normalized spacial score (nSPS) is 19.1. The molecule has 2 rings (SSSR count). The van der Waals surface area contributed by atoms with Crippen LogP contribution in [0, 0.1) is 11.7 Å². The lowest BCUT2D eigenvalue weighted by molar-refractivity contribution is -0.142. The third kappa shape index (κ3) is 1.71. The topological polar surface area (TPSA) is 43.4 Å². The van der Waals surface area contributed by atoms with Gasteiger partial charge in [-0.25, -0.2) is 4.39 Å². The monoisotopic (exact) mass is 240 g/mol. The maximum Gasteiger partial charge on any atom is 0.317 e. The molecule has 1 aromatic rings. The van der Waals surface area contributed by atoms with Crippen LogP contribution in [-0.2, 0) is 9.53 Å². The first-order valence-corrected chi connectivity index (χ1v) is 5.67. The summed E-state index contributed by atoms with van der Waals surface area (Å²) in [4.78, 5) is 23.5. The van der Waals surface area contributed by atoms with E-state index in [0.717, 1.165) is 0 Å². The van der Waals surface area contributed by atoms with Gasteiger partial charge in [-0.15, -0.1) is 11.8 Å². The summed E-state index contributed by atoms with van der Waals surface area (Å²) in [6, 6.07) is 4.30. The Morgan fingerprint density at radius 1 is 1.56 bits per heavy atom. The van der Waals surface area contributed by atoms with Gasteiger partial charge in [0.1, 0.15) is 11.7 Å². The van der Waals surface area contributed by atoms with Gasteiger partial charge in [0.2, 0.25) is 0 Å². The van der Waals surface area contributed by atoms with Gasteiger partial charge in [0, 0.05) is 11.3 Å². The number of carbonyl (C=O) groups excluding carboxylic acids is 2. The number of Topliss-reactive ketones (excluding diaryl/α,β-unsaturated/α-hetero) is 1. The molecule has 0 spiro atoms. The molecule has 1 unspecified atom stereocenters. The fraction of sp³-hybridized carbons (Fsp3) is 0.273. The minimum absolute atomic E-state index is 0.236. The third-order valence-corrected chi connectivity index (χ3v) is 3.63. The Labute approximate surface area is 96.0 Å². The predicted molar refractivity (Wildman–Crippen MR) is 57.0 cm³/mol. The second-order valence-electron chi connectivity index (χ2n) is 3.37. The highest BCUT2D eigenvalue weighted by Crippen LogP contribution is 2.35. The van der Waals surface area contributed by atoms with Gasteiger partial charge in [0.05, 0.1) is 12.0 Å². The van der Waals surface area contributed by atoms with Crippen molar-refractivity contribution in [3.05, 3.63) is 29.6 Å². The van der Waals surface area contributed by atoms with Crippen LogP contribution < -0.4 is 0 Å². The number of methoxy groups -OCH3 is 1. The number of ketones is 1. The number of halogens is 1. The molecule has 0 fully saturated rings. The number of ether oxygens (including phenoxy) is 1. The molecule has 0 radical (unpaired) electrons. The summed E-state index contributed by atoms with van der Waals surface area (Å²) in [5.41, 5.74) is 0.270. The van der Waals surface area contributed by atoms with E-state index in [4.69, 9.17) is 0 Å². The summed E-state index contributed by atoms with van der Waals surface area (Å²) in [5.74, 6) is -1.92. The highest BCUT2D eigenvalue weighted by atomic mass is 32.2. The Hall–Kier alpha value is -1.36. The van der Waals surface area contributed by atoms with Gasteiger partial charge in [-0.05, 0) is 6.07 Å².